The third-order valence-electron chi connectivity index (χ3n) is 4.59. The van der Waals surface area contributed by atoms with Gasteiger partial charge >= 0.3 is 0 Å². The summed E-state index contributed by atoms with van der Waals surface area (Å²) in [6, 6.07) is 0. The molecule has 20 heavy (non-hydrogen) atoms. The summed E-state index contributed by atoms with van der Waals surface area (Å²) in [5, 5.41) is 0. The van der Waals surface area contributed by atoms with Gasteiger partial charge in [-0.25, -0.2) is 0 Å². The number of hydrogen-bond acceptors (Lipinski definition) is 1. The molecule has 0 aromatic carbocycles. The van der Waals surface area contributed by atoms with Crippen molar-refractivity contribution < 1.29 is 13.0 Å². The van der Waals surface area contributed by atoms with Gasteiger partial charge in [0.15, 0.2) is 0 Å². The molecule has 6 radical (unpaired) electrons. The van der Waals surface area contributed by atoms with Crippen molar-refractivity contribution in [2.45, 2.75) is 69.7 Å². The first-order valence-corrected chi connectivity index (χ1v) is 8.14. The van der Waals surface area contributed by atoms with Crippen LogP contribution in [-0.4, -0.2) is 49.3 Å². The Morgan fingerprint density at radius 2 is 1.50 bits per heavy atom. The van der Waals surface area contributed by atoms with Crippen LogP contribution in [0.5, 0.6) is 0 Å². The van der Waals surface area contributed by atoms with Gasteiger partial charge in [-0.2, -0.15) is 0 Å². The van der Waals surface area contributed by atoms with E-state index in [-0.39, 0.29) is 24.0 Å². The highest BCUT2D eigenvalue weighted by molar-refractivity contribution is 7.86. The van der Waals surface area contributed by atoms with E-state index in [1.54, 1.807) is 0 Å². The predicted octanol–water partition coefficient (Wildman–Crippen LogP) is 2.52. The van der Waals surface area contributed by atoms with Crippen LogP contribution in [0.3, 0.4) is 0 Å². The number of alkyl halides is 2. The van der Waals surface area contributed by atoms with Crippen LogP contribution >= 0.6 is 0 Å². The molecule has 0 aliphatic rings. The second-order valence-electron chi connectivity index (χ2n) is 6.53. The molecule has 0 fully saturated rings. The molecular formula is C13H23B3F2OS. The van der Waals surface area contributed by atoms with E-state index in [9.17, 15) is 13.0 Å². The maximum atomic E-state index is 13.7. The van der Waals surface area contributed by atoms with Gasteiger partial charge in [0.25, 0.3) is 0 Å². The first kappa shape index (κ1) is 20.2. The maximum Gasteiger partial charge on any atom is 0.123 e. The monoisotopic (exact) mass is 298 g/mol. The quantitative estimate of drug-likeness (QED) is 0.629. The molecule has 0 aromatic rings. The summed E-state index contributed by atoms with van der Waals surface area (Å²) >= 11 is 0. The Morgan fingerprint density at radius 3 is 1.85 bits per heavy atom. The molecule has 0 N–H and O–H groups in total. The summed E-state index contributed by atoms with van der Waals surface area (Å²) in [5.41, 5.74) is -6.03. The van der Waals surface area contributed by atoms with Crippen LogP contribution < -0.4 is 0 Å². The van der Waals surface area contributed by atoms with Gasteiger partial charge in [-0.15, -0.1) is 0 Å². The van der Waals surface area contributed by atoms with E-state index in [0.717, 1.165) is 6.42 Å². The molecule has 0 rings (SSSR count). The van der Waals surface area contributed by atoms with Crippen molar-refractivity contribution in [2.75, 3.05) is 5.75 Å². The smallest absolute Gasteiger partial charge is 0.123 e. The Hall–Kier alpha value is 0.205. The second kappa shape index (κ2) is 6.54. The van der Waals surface area contributed by atoms with E-state index in [2.05, 4.69) is 0 Å². The third-order valence-corrected chi connectivity index (χ3v) is 6.94. The molecule has 7 heteroatoms. The van der Waals surface area contributed by atoms with Crippen molar-refractivity contribution in [3.8, 4) is 0 Å². The van der Waals surface area contributed by atoms with Gasteiger partial charge in [0.05, 0.1) is 11.0 Å². The SMILES string of the molecule is [B]C([B])(F)C([B])(F)CCCS(=O)C(C)(C)C(C)(C)CC. The summed E-state index contributed by atoms with van der Waals surface area (Å²) in [4.78, 5) is 0. The lowest BCUT2D eigenvalue weighted by molar-refractivity contribution is 0.143. The minimum atomic E-state index is -3.09. The van der Waals surface area contributed by atoms with E-state index in [0.29, 0.717) is 0 Å². The Balaban J connectivity index is 4.60. The molecule has 2 unspecified atom stereocenters. The van der Waals surface area contributed by atoms with Crippen LogP contribution in [0.25, 0.3) is 0 Å². The van der Waals surface area contributed by atoms with E-state index >= 15 is 0 Å². The predicted molar refractivity (Wildman–Crippen MR) is 85.3 cm³/mol. The minimum Gasteiger partial charge on any atom is -0.263 e. The van der Waals surface area contributed by atoms with Crippen molar-refractivity contribution in [3.63, 3.8) is 0 Å². The zero-order chi connectivity index (χ0) is 16.4. The van der Waals surface area contributed by atoms with Crippen molar-refractivity contribution in [3.05, 3.63) is 0 Å². The molecule has 0 aliphatic heterocycles. The lowest BCUT2D eigenvalue weighted by atomic mass is 9.50. The molecule has 0 saturated heterocycles. The topological polar surface area (TPSA) is 17.1 Å². The number of halogens is 2. The Morgan fingerprint density at radius 1 is 1.05 bits per heavy atom. The highest BCUT2D eigenvalue weighted by Crippen LogP contribution is 2.39. The van der Waals surface area contributed by atoms with Gasteiger partial charge in [0.2, 0.25) is 0 Å². The van der Waals surface area contributed by atoms with Crippen LogP contribution in [0, 0.1) is 5.41 Å². The fourth-order valence-electron chi connectivity index (χ4n) is 1.64. The summed E-state index contributed by atoms with van der Waals surface area (Å²) in [6.45, 7) is 9.96. The molecule has 1 nitrogen and oxygen atoms in total. The van der Waals surface area contributed by atoms with Crippen LogP contribution in [0.4, 0.5) is 8.78 Å². The minimum absolute atomic E-state index is 0.126. The van der Waals surface area contributed by atoms with Gasteiger partial charge in [-0.3, -0.25) is 13.0 Å². The molecule has 0 saturated carbocycles. The van der Waals surface area contributed by atoms with E-state index < -0.39 is 26.6 Å². The standard InChI is InChI=1S/C13H23B3F2OS/c1-6-10(2,3)11(4,5)20(19)9-7-8-12(14,17)13(15,16)18/h6-9H2,1-5H3. The van der Waals surface area contributed by atoms with Gasteiger partial charge in [0.1, 0.15) is 23.5 Å². The van der Waals surface area contributed by atoms with E-state index in [1.807, 2.05) is 34.6 Å². The largest absolute Gasteiger partial charge is 0.263 e. The van der Waals surface area contributed by atoms with Crippen LogP contribution in [-0.2, 0) is 10.8 Å². The molecule has 0 amide bonds. The summed E-state index contributed by atoms with van der Waals surface area (Å²) in [5.74, 6) is 0.232. The Bertz CT molecular complexity index is 352. The second-order valence-corrected chi connectivity index (χ2v) is 8.65. The average Bonchev–Trinajstić information content (AvgIpc) is 2.26. The normalized spacial score (nSPS) is 18.6. The lowest BCUT2D eigenvalue weighted by Crippen LogP contribution is -2.49. The van der Waals surface area contributed by atoms with Crippen molar-refractivity contribution in [2.24, 2.45) is 5.41 Å². The summed E-state index contributed by atoms with van der Waals surface area (Å²) in [6.07, 6.45) is 0.655. The third kappa shape index (κ3) is 4.61. The molecular weight excluding hydrogens is 275 g/mol. The van der Waals surface area contributed by atoms with Crippen molar-refractivity contribution >= 4 is 34.3 Å². The molecule has 2 atom stereocenters. The molecule has 0 heterocycles. The summed E-state index contributed by atoms with van der Waals surface area (Å²) in [7, 11) is 13.6. The van der Waals surface area contributed by atoms with Gasteiger partial charge in [-0.05, 0) is 38.5 Å². The van der Waals surface area contributed by atoms with Crippen LogP contribution in [0.1, 0.15) is 53.9 Å². The number of rotatable bonds is 8. The molecule has 0 bridgehead atoms. The summed E-state index contributed by atoms with van der Waals surface area (Å²) < 4.78 is 38.8. The van der Waals surface area contributed by atoms with Crippen LogP contribution in [0.2, 0.25) is 0 Å². The van der Waals surface area contributed by atoms with E-state index in [4.69, 9.17) is 23.5 Å². The first-order valence-electron chi connectivity index (χ1n) is 6.82. The van der Waals surface area contributed by atoms with E-state index in [1.165, 1.54) is 0 Å². The average molecular weight is 298 g/mol. The van der Waals surface area contributed by atoms with Crippen molar-refractivity contribution in [1.29, 1.82) is 0 Å². The fourth-order valence-corrected chi connectivity index (χ4v) is 3.32. The first-order chi connectivity index (χ1) is 8.69. The molecule has 0 aromatic heterocycles. The fraction of sp³-hybridized carbons (Fsp3) is 1.00. The highest BCUT2D eigenvalue weighted by atomic mass is 32.2. The maximum absolute atomic E-state index is 13.7. The van der Waals surface area contributed by atoms with Gasteiger partial charge < -0.3 is 0 Å². The highest BCUT2D eigenvalue weighted by Gasteiger charge is 2.42. The zero-order valence-electron chi connectivity index (χ0n) is 13.1. The number of hydrogen-bond donors (Lipinski definition) is 0. The molecule has 0 aliphatic carbocycles. The molecule has 110 valence electrons. The van der Waals surface area contributed by atoms with Crippen LogP contribution in [0.15, 0.2) is 0 Å². The molecule has 0 spiro atoms. The van der Waals surface area contributed by atoms with Crippen molar-refractivity contribution in [1.82, 2.24) is 0 Å². The Kier molecular flexibility index (Phi) is 6.60. The van der Waals surface area contributed by atoms with Gasteiger partial charge in [0, 0.05) is 21.3 Å². The van der Waals surface area contributed by atoms with Gasteiger partial charge in [-0.1, -0.05) is 20.8 Å². The zero-order valence-corrected chi connectivity index (χ0v) is 13.9. The Labute approximate surface area is 128 Å². The lowest BCUT2D eigenvalue weighted by Gasteiger charge is -2.40.